The van der Waals surface area contributed by atoms with Crippen molar-refractivity contribution in [3.63, 3.8) is 0 Å². The summed E-state index contributed by atoms with van der Waals surface area (Å²) in [6.45, 7) is 0. The predicted molar refractivity (Wildman–Crippen MR) is 40.9 cm³/mol. The molecule has 1 rings (SSSR count). The van der Waals surface area contributed by atoms with Crippen LogP contribution in [0.5, 0.6) is 0 Å². The van der Waals surface area contributed by atoms with Gasteiger partial charge in [-0.25, -0.2) is 13.2 Å². The van der Waals surface area contributed by atoms with Gasteiger partial charge >= 0.3 is 5.97 Å². The molecule has 1 aromatic carbocycles. The number of benzene rings is 1. The molecule has 3 N–H and O–H groups in total. The lowest BCUT2D eigenvalue weighted by atomic mass is 10.1. The van der Waals surface area contributed by atoms with Crippen LogP contribution in [0.2, 0.25) is 0 Å². The molecule has 1 unspecified atom stereocenters. The van der Waals surface area contributed by atoms with Gasteiger partial charge in [-0.2, -0.15) is 0 Å². The maximum Gasteiger partial charge on any atom is 0.325 e. The van der Waals surface area contributed by atoms with Crippen LogP contribution in [0.3, 0.4) is 0 Å². The largest absolute Gasteiger partial charge is 0.480 e. The van der Waals surface area contributed by atoms with Crippen LogP contribution >= 0.6 is 0 Å². The van der Waals surface area contributed by atoms with E-state index in [1.807, 2.05) is 0 Å². The quantitative estimate of drug-likeness (QED) is 0.713. The van der Waals surface area contributed by atoms with Gasteiger partial charge in [-0.1, -0.05) is 0 Å². The third-order valence-corrected chi connectivity index (χ3v) is 1.64. The molecule has 0 amide bonds. The minimum Gasteiger partial charge on any atom is -0.480 e. The summed E-state index contributed by atoms with van der Waals surface area (Å²) in [6, 6.07) is -1.01. The third-order valence-electron chi connectivity index (χ3n) is 1.64. The van der Waals surface area contributed by atoms with Crippen LogP contribution in [0.1, 0.15) is 11.6 Å². The van der Waals surface area contributed by atoms with Crippen molar-refractivity contribution in [1.29, 1.82) is 0 Å². The summed E-state index contributed by atoms with van der Waals surface area (Å²) in [5, 5.41) is 8.41. The number of hydrogen-bond donors (Lipinski definition) is 2. The number of aliphatic carboxylic acids is 1. The van der Waals surface area contributed by atoms with E-state index in [0.29, 0.717) is 6.07 Å². The number of halogens is 3. The van der Waals surface area contributed by atoms with Gasteiger partial charge in [-0.05, 0) is 6.07 Å². The fraction of sp³-hybridized carbons (Fsp3) is 0.125. The third kappa shape index (κ3) is 1.85. The normalized spacial score (nSPS) is 12.6. The maximum absolute atomic E-state index is 12.9. The van der Waals surface area contributed by atoms with E-state index in [1.165, 1.54) is 0 Å². The topological polar surface area (TPSA) is 63.3 Å². The lowest BCUT2D eigenvalue weighted by Gasteiger charge is -2.08. The molecule has 0 saturated carbocycles. The van der Waals surface area contributed by atoms with Gasteiger partial charge in [0.2, 0.25) is 0 Å². The Labute approximate surface area is 77.0 Å². The van der Waals surface area contributed by atoms with Crippen LogP contribution < -0.4 is 5.73 Å². The Bertz CT molecular complexity index is 381. The molecule has 14 heavy (non-hydrogen) atoms. The molecule has 0 fully saturated rings. The molecule has 6 heteroatoms. The van der Waals surface area contributed by atoms with Gasteiger partial charge in [0.1, 0.15) is 11.9 Å². The second kappa shape index (κ2) is 3.67. The first-order valence-corrected chi connectivity index (χ1v) is 3.56. The van der Waals surface area contributed by atoms with E-state index in [0.717, 1.165) is 0 Å². The molecule has 0 aliphatic rings. The molecular formula is C8H6F3NO2. The highest BCUT2D eigenvalue weighted by Crippen LogP contribution is 2.18. The summed E-state index contributed by atoms with van der Waals surface area (Å²) in [6.07, 6.45) is 0. The highest BCUT2D eigenvalue weighted by molar-refractivity contribution is 5.75. The number of nitrogens with two attached hydrogens (primary N) is 1. The lowest BCUT2D eigenvalue weighted by Crippen LogP contribution is -2.22. The van der Waals surface area contributed by atoms with Gasteiger partial charge < -0.3 is 10.8 Å². The van der Waals surface area contributed by atoms with Crippen molar-refractivity contribution in [3.05, 3.63) is 35.1 Å². The Hall–Kier alpha value is -1.56. The Morgan fingerprint density at radius 3 is 2.21 bits per heavy atom. The Kier molecular flexibility index (Phi) is 2.76. The molecule has 1 atom stereocenters. The summed E-state index contributed by atoms with van der Waals surface area (Å²) in [5.41, 5.74) is 4.44. The van der Waals surface area contributed by atoms with E-state index in [9.17, 15) is 18.0 Å². The van der Waals surface area contributed by atoms with Crippen LogP contribution in [-0.2, 0) is 4.79 Å². The monoisotopic (exact) mass is 205 g/mol. The van der Waals surface area contributed by atoms with Crippen molar-refractivity contribution in [2.45, 2.75) is 6.04 Å². The van der Waals surface area contributed by atoms with E-state index in [-0.39, 0.29) is 6.07 Å². The molecule has 0 saturated heterocycles. The van der Waals surface area contributed by atoms with Gasteiger partial charge in [0.15, 0.2) is 11.6 Å². The fourth-order valence-electron chi connectivity index (χ4n) is 0.909. The zero-order valence-corrected chi connectivity index (χ0v) is 6.80. The molecule has 0 spiro atoms. The Morgan fingerprint density at radius 2 is 1.71 bits per heavy atom. The first-order valence-electron chi connectivity index (χ1n) is 3.56. The van der Waals surface area contributed by atoms with Crippen LogP contribution in [0.15, 0.2) is 12.1 Å². The summed E-state index contributed by atoms with van der Waals surface area (Å²) < 4.78 is 37.9. The molecule has 1 aromatic rings. The standard InChI is InChI=1S/C8H6F3NO2/c9-4-2-6(11)5(10)1-3(4)7(12)8(13)14/h1-2,7H,12H2,(H,13,14). The summed E-state index contributed by atoms with van der Waals surface area (Å²) in [4.78, 5) is 10.3. The van der Waals surface area contributed by atoms with Crippen LogP contribution in [0.25, 0.3) is 0 Å². The molecule has 76 valence electrons. The van der Waals surface area contributed by atoms with E-state index in [4.69, 9.17) is 10.8 Å². The average molecular weight is 205 g/mol. The SMILES string of the molecule is NC(C(=O)O)c1cc(F)c(F)cc1F. The zero-order valence-electron chi connectivity index (χ0n) is 6.80. The first kappa shape index (κ1) is 10.5. The molecular weight excluding hydrogens is 199 g/mol. The number of hydrogen-bond acceptors (Lipinski definition) is 2. The van der Waals surface area contributed by atoms with Crippen molar-refractivity contribution in [3.8, 4) is 0 Å². The molecule has 0 bridgehead atoms. The zero-order chi connectivity index (χ0) is 10.9. The summed E-state index contributed by atoms with van der Waals surface area (Å²) in [5.74, 6) is -5.42. The van der Waals surface area contributed by atoms with Crippen LogP contribution in [0, 0.1) is 17.5 Å². The molecule has 3 nitrogen and oxygen atoms in total. The van der Waals surface area contributed by atoms with Crippen LogP contribution in [-0.4, -0.2) is 11.1 Å². The first-order chi connectivity index (χ1) is 6.43. The van der Waals surface area contributed by atoms with Crippen molar-refractivity contribution in [2.75, 3.05) is 0 Å². The van der Waals surface area contributed by atoms with Gasteiger partial charge in [0, 0.05) is 11.6 Å². The minimum absolute atomic E-state index is 0.257. The van der Waals surface area contributed by atoms with E-state index < -0.39 is 35.0 Å². The van der Waals surface area contributed by atoms with Gasteiger partial charge in [-0.3, -0.25) is 4.79 Å². The minimum atomic E-state index is -1.70. The molecule has 0 radical (unpaired) electrons. The average Bonchev–Trinajstić information content (AvgIpc) is 2.10. The van der Waals surface area contributed by atoms with E-state index in [2.05, 4.69) is 0 Å². The highest BCUT2D eigenvalue weighted by Gasteiger charge is 2.20. The van der Waals surface area contributed by atoms with Gasteiger partial charge in [-0.15, -0.1) is 0 Å². The molecule has 0 aliphatic heterocycles. The number of rotatable bonds is 2. The summed E-state index contributed by atoms with van der Waals surface area (Å²) in [7, 11) is 0. The van der Waals surface area contributed by atoms with Crippen LogP contribution in [0.4, 0.5) is 13.2 Å². The molecule has 0 heterocycles. The number of carboxylic acids is 1. The fourth-order valence-corrected chi connectivity index (χ4v) is 0.909. The maximum atomic E-state index is 12.9. The second-order valence-corrected chi connectivity index (χ2v) is 2.60. The second-order valence-electron chi connectivity index (χ2n) is 2.60. The summed E-state index contributed by atoms with van der Waals surface area (Å²) >= 11 is 0. The highest BCUT2D eigenvalue weighted by atomic mass is 19.2. The van der Waals surface area contributed by atoms with Gasteiger partial charge in [0.05, 0.1) is 0 Å². The lowest BCUT2D eigenvalue weighted by molar-refractivity contribution is -0.138. The molecule has 0 aliphatic carbocycles. The Morgan fingerprint density at radius 1 is 1.21 bits per heavy atom. The van der Waals surface area contributed by atoms with Crippen molar-refractivity contribution >= 4 is 5.97 Å². The smallest absolute Gasteiger partial charge is 0.325 e. The number of carbonyl (C=O) groups is 1. The van der Waals surface area contributed by atoms with Crippen molar-refractivity contribution < 1.29 is 23.1 Å². The molecule has 0 aromatic heterocycles. The number of carboxylic acid groups (broad SMARTS) is 1. The van der Waals surface area contributed by atoms with Gasteiger partial charge in [0.25, 0.3) is 0 Å². The van der Waals surface area contributed by atoms with E-state index >= 15 is 0 Å². The Balaban J connectivity index is 3.22. The van der Waals surface area contributed by atoms with E-state index in [1.54, 1.807) is 0 Å². The van der Waals surface area contributed by atoms with Crippen molar-refractivity contribution in [1.82, 2.24) is 0 Å². The van der Waals surface area contributed by atoms with Crippen molar-refractivity contribution in [2.24, 2.45) is 5.73 Å². The predicted octanol–water partition coefficient (Wildman–Crippen LogP) is 1.19.